The Hall–Kier alpha value is -2.31. The molecule has 0 spiro atoms. The van der Waals surface area contributed by atoms with Gasteiger partial charge in [-0.2, -0.15) is 0 Å². The molecule has 0 unspecified atom stereocenters. The van der Waals surface area contributed by atoms with Gasteiger partial charge in [0.15, 0.2) is 0 Å². The number of hydrogen-bond donors (Lipinski definition) is 0. The van der Waals surface area contributed by atoms with Gasteiger partial charge in [0, 0.05) is 15.8 Å². The van der Waals surface area contributed by atoms with E-state index in [2.05, 4.69) is 36.2 Å². The van der Waals surface area contributed by atoms with Gasteiger partial charge >= 0.3 is 0 Å². The molecule has 4 aromatic rings. The Labute approximate surface area is 159 Å². The topological polar surface area (TPSA) is 47.8 Å². The molecule has 26 heavy (non-hydrogen) atoms. The zero-order chi connectivity index (χ0) is 18.3. The molecule has 0 aliphatic heterocycles. The zero-order valence-corrected chi connectivity index (χ0v) is 16.6. The van der Waals surface area contributed by atoms with Gasteiger partial charge in [-0.15, -0.1) is 22.7 Å². The average molecular weight is 382 g/mol. The molecule has 1 aromatic carbocycles. The first-order valence-corrected chi connectivity index (χ1v) is 10.2. The third-order valence-electron chi connectivity index (χ3n) is 4.65. The molecule has 0 bridgehead atoms. The minimum Gasteiger partial charge on any atom is -0.293 e. The summed E-state index contributed by atoms with van der Waals surface area (Å²) in [5, 5.41) is 3.73. The summed E-state index contributed by atoms with van der Waals surface area (Å²) < 4.78 is 1.65. The summed E-state index contributed by atoms with van der Waals surface area (Å²) in [5.41, 5.74) is 4.37. The van der Waals surface area contributed by atoms with Crippen LogP contribution in [0.3, 0.4) is 0 Å². The van der Waals surface area contributed by atoms with Gasteiger partial charge in [-0.3, -0.25) is 9.36 Å². The first-order chi connectivity index (χ1) is 12.6. The van der Waals surface area contributed by atoms with E-state index >= 15 is 0 Å². The summed E-state index contributed by atoms with van der Waals surface area (Å²) in [4.78, 5) is 24.0. The van der Waals surface area contributed by atoms with Crippen molar-refractivity contribution in [2.45, 2.75) is 33.7 Å². The maximum atomic E-state index is 12.8. The fourth-order valence-electron chi connectivity index (χ4n) is 2.95. The first kappa shape index (κ1) is 17.1. The zero-order valence-electron chi connectivity index (χ0n) is 14.9. The Kier molecular flexibility index (Phi) is 4.46. The van der Waals surface area contributed by atoms with Crippen LogP contribution in [0.4, 0.5) is 0 Å². The highest BCUT2D eigenvalue weighted by Crippen LogP contribution is 2.26. The molecule has 132 valence electrons. The molecule has 0 N–H and O–H groups in total. The fourth-order valence-corrected chi connectivity index (χ4v) is 4.76. The van der Waals surface area contributed by atoms with Gasteiger partial charge in [0.25, 0.3) is 5.56 Å². The number of rotatable bonds is 4. The molecule has 0 aliphatic carbocycles. The lowest BCUT2D eigenvalue weighted by molar-refractivity contribution is 0.735. The van der Waals surface area contributed by atoms with Crippen LogP contribution < -0.4 is 5.56 Å². The lowest BCUT2D eigenvalue weighted by atomic mass is 10.1. The molecule has 6 heteroatoms. The number of thiazole rings is 1. The SMILES string of the molecule is CCc1ccc(-c2nc(Cn3cnc4sc(C)c(C)c4c3=O)cs2)cc1. The average Bonchev–Trinajstić information content (AvgIpc) is 3.23. The smallest absolute Gasteiger partial charge is 0.262 e. The van der Waals surface area contributed by atoms with Gasteiger partial charge in [-0.05, 0) is 31.4 Å². The van der Waals surface area contributed by atoms with Gasteiger partial charge < -0.3 is 0 Å². The predicted molar refractivity (Wildman–Crippen MR) is 109 cm³/mol. The number of aromatic nitrogens is 3. The monoisotopic (exact) mass is 381 g/mol. The van der Waals surface area contributed by atoms with Crippen LogP contribution in [0, 0.1) is 13.8 Å². The van der Waals surface area contributed by atoms with E-state index in [-0.39, 0.29) is 5.56 Å². The Morgan fingerprint density at radius 3 is 2.65 bits per heavy atom. The summed E-state index contributed by atoms with van der Waals surface area (Å²) in [6.07, 6.45) is 2.67. The van der Waals surface area contributed by atoms with Crippen molar-refractivity contribution in [1.82, 2.24) is 14.5 Å². The maximum Gasteiger partial charge on any atom is 0.262 e. The number of nitrogens with zero attached hydrogens (tertiary/aromatic N) is 3. The van der Waals surface area contributed by atoms with E-state index in [1.54, 1.807) is 33.6 Å². The predicted octanol–water partition coefficient (Wildman–Crippen LogP) is 4.81. The number of fused-ring (bicyclic) bond motifs is 1. The highest BCUT2D eigenvalue weighted by atomic mass is 32.1. The normalized spacial score (nSPS) is 11.3. The quantitative estimate of drug-likeness (QED) is 0.510. The molecule has 3 heterocycles. The van der Waals surface area contributed by atoms with Gasteiger partial charge in [0.1, 0.15) is 9.84 Å². The molecule has 4 nitrogen and oxygen atoms in total. The highest BCUT2D eigenvalue weighted by molar-refractivity contribution is 7.18. The molecule has 0 saturated carbocycles. The van der Waals surface area contributed by atoms with Crippen LogP contribution in [0.25, 0.3) is 20.8 Å². The van der Waals surface area contributed by atoms with E-state index in [1.165, 1.54) is 5.56 Å². The summed E-state index contributed by atoms with van der Waals surface area (Å²) >= 11 is 3.18. The van der Waals surface area contributed by atoms with Crippen molar-refractivity contribution >= 4 is 32.9 Å². The second kappa shape index (κ2) is 6.78. The molecular weight excluding hydrogens is 362 g/mol. The molecule has 0 saturated heterocycles. The van der Waals surface area contributed by atoms with Gasteiger partial charge in [-0.25, -0.2) is 9.97 Å². The van der Waals surface area contributed by atoms with Crippen LogP contribution in [0.15, 0.2) is 40.8 Å². The van der Waals surface area contributed by atoms with E-state index in [1.807, 2.05) is 19.2 Å². The number of benzene rings is 1. The lowest BCUT2D eigenvalue weighted by Crippen LogP contribution is -2.21. The highest BCUT2D eigenvalue weighted by Gasteiger charge is 2.13. The Morgan fingerprint density at radius 1 is 1.15 bits per heavy atom. The van der Waals surface area contributed by atoms with Gasteiger partial charge in [0.2, 0.25) is 0 Å². The lowest BCUT2D eigenvalue weighted by Gasteiger charge is -2.03. The molecule has 0 aliphatic rings. The summed E-state index contributed by atoms with van der Waals surface area (Å²) in [5.74, 6) is 0. The minimum atomic E-state index is 0.0127. The van der Waals surface area contributed by atoms with Crippen LogP contribution in [-0.2, 0) is 13.0 Å². The number of thiophene rings is 1. The van der Waals surface area contributed by atoms with Crippen molar-refractivity contribution in [1.29, 1.82) is 0 Å². The van der Waals surface area contributed by atoms with Crippen molar-refractivity contribution in [2.75, 3.05) is 0 Å². The molecule has 4 rings (SSSR count). The molecule has 0 fully saturated rings. The van der Waals surface area contributed by atoms with Crippen molar-refractivity contribution in [3.63, 3.8) is 0 Å². The van der Waals surface area contributed by atoms with Crippen LogP contribution in [0.2, 0.25) is 0 Å². The van der Waals surface area contributed by atoms with E-state index in [0.717, 1.165) is 43.3 Å². The van der Waals surface area contributed by atoms with Crippen molar-refractivity contribution in [3.05, 3.63) is 68.0 Å². The van der Waals surface area contributed by atoms with E-state index in [9.17, 15) is 4.79 Å². The molecule has 0 amide bonds. The molecule has 0 atom stereocenters. The minimum absolute atomic E-state index is 0.0127. The van der Waals surface area contributed by atoms with Crippen LogP contribution in [0.1, 0.15) is 28.6 Å². The Morgan fingerprint density at radius 2 is 1.92 bits per heavy atom. The van der Waals surface area contributed by atoms with Crippen LogP contribution in [0.5, 0.6) is 0 Å². The summed E-state index contributed by atoms with van der Waals surface area (Å²) in [6, 6.07) is 8.50. The fraction of sp³-hybridized carbons (Fsp3) is 0.250. The molecule has 3 aromatic heterocycles. The van der Waals surface area contributed by atoms with Crippen molar-refractivity contribution in [2.24, 2.45) is 0 Å². The second-order valence-electron chi connectivity index (χ2n) is 6.34. The Bertz CT molecular complexity index is 1140. The second-order valence-corrected chi connectivity index (χ2v) is 8.40. The molecular formula is C20H19N3OS2. The Balaban J connectivity index is 1.65. The summed E-state index contributed by atoms with van der Waals surface area (Å²) in [6.45, 7) is 6.61. The molecule has 0 radical (unpaired) electrons. The van der Waals surface area contributed by atoms with Crippen molar-refractivity contribution in [3.8, 4) is 10.6 Å². The third kappa shape index (κ3) is 2.99. The van der Waals surface area contributed by atoms with Crippen molar-refractivity contribution < 1.29 is 0 Å². The largest absolute Gasteiger partial charge is 0.293 e. The number of hydrogen-bond acceptors (Lipinski definition) is 5. The van der Waals surface area contributed by atoms with E-state index in [4.69, 9.17) is 4.98 Å². The van der Waals surface area contributed by atoms with E-state index < -0.39 is 0 Å². The third-order valence-corrected chi connectivity index (χ3v) is 6.70. The summed E-state index contributed by atoms with van der Waals surface area (Å²) in [7, 11) is 0. The maximum absolute atomic E-state index is 12.8. The van der Waals surface area contributed by atoms with Gasteiger partial charge in [-0.1, -0.05) is 31.2 Å². The first-order valence-electron chi connectivity index (χ1n) is 8.55. The van der Waals surface area contributed by atoms with Crippen LogP contribution >= 0.6 is 22.7 Å². The van der Waals surface area contributed by atoms with Crippen LogP contribution in [-0.4, -0.2) is 14.5 Å². The number of aryl methyl sites for hydroxylation is 3. The van der Waals surface area contributed by atoms with E-state index in [0.29, 0.717) is 6.54 Å². The standard InChI is InChI=1S/C20H19N3OS2/c1-4-14-5-7-15(8-6-14)18-22-16(10-25-18)9-23-11-21-19-17(20(23)24)12(2)13(3)26-19/h5-8,10-11H,4,9H2,1-3H3. The van der Waals surface area contributed by atoms with Gasteiger partial charge in [0.05, 0.1) is 24.0 Å².